The molecule has 0 bridgehead atoms. The molecule has 0 saturated heterocycles. The molecular formula is C11H8F6OS2. The number of carbonyl (C=O) groups excluding carboxylic acids is 1. The molecule has 112 valence electrons. The van der Waals surface area contributed by atoms with E-state index in [-0.39, 0.29) is 12.0 Å². The summed E-state index contributed by atoms with van der Waals surface area (Å²) in [5.41, 5.74) is -9.49. The summed E-state index contributed by atoms with van der Waals surface area (Å²) in [5, 5.41) is 0. The fourth-order valence-corrected chi connectivity index (χ4v) is 2.95. The third kappa shape index (κ3) is 6.08. The van der Waals surface area contributed by atoms with Gasteiger partial charge in [-0.15, -0.1) is 0 Å². The predicted octanol–water partition coefficient (Wildman–Crippen LogP) is 5.04. The molecule has 0 aliphatic heterocycles. The Morgan fingerprint density at radius 3 is 2.05 bits per heavy atom. The molecule has 0 N–H and O–H groups in total. The number of halogens is 6. The fourth-order valence-electron chi connectivity index (χ4n) is 1.41. The Morgan fingerprint density at radius 2 is 1.60 bits per heavy atom. The van der Waals surface area contributed by atoms with Gasteiger partial charge in [-0.05, 0) is 42.1 Å². The molecule has 1 nitrogen and oxygen atoms in total. The Labute approximate surface area is 119 Å². The summed E-state index contributed by atoms with van der Waals surface area (Å²) < 4.78 is 74.4. The maximum absolute atomic E-state index is 12.5. The lowest BCUT2D eigenvalue weighted by atomic mass is 10.1. The van der Waals surface area contributed by atoms with Crippen molar-refractivity contribution >= 4 is 29.3 Å². The van der Waals surface area contributed by atoms with Gasteiger partial charge in [-0.1, -0.05) is 12.1 Å². The van der Waals surface area contributed by atoms with E-state index in [1.165, 1.54) is 12.1 Å². The highest BCUT2D eigenvalue weighted by Gasteiger charge is 2.35. The minimum Gasteiger partial charge on any atom is -0.300 e. The Balaban J connectivity index is 3.24. The minimum absolute atomic E-state index is 0.0610. The number of thioether (sulfide) groups is 2. The van der Waals surface area contributed by atoms with Crippen molar-refractivity contribution in [3.63, 3.8) is 0 Å². The van der Waals surface area contributed by atoms with Crippen LogP contribution in [0.2, 0.25) is 0 Å². The zero-order valence-electron chi connectivity index (χ0n) is 9.93. The van der Waals surface area contributed by atoms with Gasteiger partial charge in [0.25, 0.3) is 0 Å². The first-order valence-corrected chi connectivity index (χ1v) is 6.74. The maximum Gasteiger partial charge on any atom is 0.446 e. The largest absolute Gasteiger partial charge is 0.446 e. The molecule has 0 aliphatic rings. The van der Waals surface area contributed by atoms with Gasteiger partial charge < -0.3 is 0 Å². The first-order valence-electron chi connectivity index (χ1n) is 5.11. The second-order valence-electron chi connectivity index (χ2n) is 3.72. The number of hydrogen-bond acceptors (Lipinski definition) is 3. The third-order valence-corrected chi connectivity index (χ3v) is 3.78. The molecule has 0 unspecified atom stereocenters. The molecular weight excluding hydrogens is 326 g/mol. The van der Waals surface area contributed by atoms with E-state index >= 15 is 0 Å². The molecule has 0 amide bonds. The lowest BCUT2D eigenvalue weighted by molar-refractivity contribution is -0.116. The van der Waals surface area contributed by atoms with Crippen molar-refractivity contribution in [2.75, 3.05) is 0 Å². The van der Waals surface area contributed by atoms with Crippen LogP contribution in [0.25, 0.3) is 0 Å². The van der Waals surface area contributed by atoms with Gasteiger partial charge >= 0.3 is 11.0 Å². The van der Waals surface area contributed by atoms with Crippen LogP contribution in [0.15, 0.2) is 28.0 Å². The average molecular weight is 334 g/mol. The molecule has 0 radical (unpaired) electrons. The van der Waals surface area contributed by atoms with Gasteiger partial charge in [-0.2, -0.15) is 26.3 Å². The van der Waals surface area contributed by atoms with Crippen molar-refractivity contribution in [3.8, 4) is 0 Å². The number of hydrogen-bond donors (Lipinski definition) is 0. The van der Waals surface area contributed by atoms with E-state index in [1.54, 1.807) is 0 Å². The molecule has 0 spiro atoms. The van der Waals surface area contributed by atoms with E-state index in [2.05, 4.69) is 0 Å². The number of rotatable bonds is 4. The summed E-state index contributed by atoms with van der Waals surface area (Å²) in [7, 11) is 0. The van der Waals surface area contributed by atoms with E-state index < -0.39 is 50.1 Å². The van der Waals surface area contributed by atoms with Crippen molar-refractivity contribution in [2.24, 2.45) is 0 Å². The van der Waals surface area contributed by atoms with E-state index in [4.69, 9.17) is 0 Å². The van der Waals surface area contributed by atoms with Gasteiger partial charge in [-0.3, -0.25) is 4.79 Å². The van der Waals surface area contributed by atoms with Crippen LogP contribution in [0.4, 0.5) is 26.3 Å². The summed E-state index contributed by atoms with van der Waals surface area (Å²) in [5.74, 6) is -0.428. The highest BCUT2D eigenvalue weighted by atomic mass is 32.2. The van der Waals surface area contributed by atoms with Crippen LogP contribution >= 0.6 is 23.5 Å². The summed E-state index contributed by atoms with van der Waals surface area (Å²) in [6, 6.07) is 3.37. The Hall–Kier alpha value is -0.830. The second kappa shape index (κ2) is 6.30. The van der Waals surface area contributed by atoms with Gasteiger partial charge in [0.15, 0.2) is 0 Å². The first-order chi connectivity index (χ1) is 8.98. The van der Waals surface area contributed by atoms with Gasteiger partial charge in [0.2, 0.25) is 0 Å². The van der Waals surface area contributed by atoms with Crippen LogP contribution in [0.1, 0.15) is 12.5 Å². The molecule has 0 atom stereocenters. The normalized spacial score (nSPS) is 12.6. The zero-order valence-corrected chi connectivity index (χ0v) is 11.6. The molecule has 0 aromatic heterocycles. The smallest absolute Gasteiger partial charge is 0.300 e. The lowest BCUT2D eigenvalue weighted by Gasteiger charge is -2.15. The Bertz CT molecular complexity index is 495. The molecule has 0 aliphatic carbocycles. The Morgan fingerprint density at radius 1 is 1.05 bits per heavy atom. The molecule has 20 heavy (non-hydrogen) atoms. The SMILES string of the molecule is CC(=O)Cc1cccc(SC(F)(F)F)c1SC(F)(F)F. The van der Waals surface area contributed by atoms with Crippen molar-refractivity contribution < 1.29 is 31.1 Å². The van der Waals surface area contributed by atoms with Crippen LogP contribution in [-0.2, 0) is 11.2 Å². The van der Waals surface area contributed by atoms with Gasteiger partial charge in [-0.25, -0.2) is 0 Å². The fraction of sp³-hybridized carbons (Fsp3) is 0.364. The number of benzene rings is 1. The topological polar surface area (TPSA) is 17.1 Å². The highest BCUT2D eigenvalue weighted by molar-refractivity contribution is 8.03. The minimum atomic E-state index is -4.73. The van der Waals surface area contributed by atoms with E-state index in [0.29, 0.717) is 0 Å². The number of ketones is 1. The number of carbonyl (C=O) groups is 1. The van der Waals surface area contributed by atoms with Gasteiger partial charge in [0.05, 0.1) is 0 Å². The second-order valence-corrected chi connectivity index (χ2v) is 5.90. The van der Waals surface area contributed by atoms with Crippen molar-refractivity contribution in [3.05, 3.63) is 23.8 Å². The van der Waals surface area contributed by atoms with Crippen LogP contribution in [0, 0.1) is 0 Å². The molecule has 9 heteroatoms. The van der Waals surface area contributed by atoms with Crippen LogP contribution < -0.4 is 0 Å². The molecule has 1 rings (SSSR count). The highest BCUT2D eigenvalue weighted by Crippen LogP contribution is 2.47. The quantitative estimate of drug-likeness (QED) is 0.567. The Kier molecular flexibility index (Phi) is 5.42. The summed E-state index contributed by atoms with van der Waals surface area (Å²) in [6.45, 7) is 1.16. The van der Waals surface area contributed by atoms with E-state index in [1.807, 2.05) is 0 Å². The number of Topliss-reactive ketones (excluding diaryl/α,β-unsaturated/α-hetero) is 1. The third-order valence-electron chi connectivity index (χ3n) is 1.94. The predicted molar refractivity (Wildman–Crippen MR) is 64.7 cm³/mol. The monoisotopic (exact) mass is 334 g/mol. The van der Waals surface area contributed by atoms with E-state index in [0.717, 1.165) is 13.0 Å². The number of alkyl halides is 6. The lowest BCUT2D eigenvalue weighted by Crippen LogP contribution is -2.07. The molecule has 0 heterocycles. The van der Waals surface area contributed by atoms with E-state index in [9.17, 15) is 31.1 Å². The zero-order chi connectivity index (χ0) is 15.6. The molecule has 0 fully saturated rings. The summed E-state index contributed by atoms with van der Waals surface area (Å²) in [6.07, 6.45) is -0.343. The van der Waals surface area contributed by atoms with Crippen molar-refractivity contribution in [1.82, 2.24) is 0 Å². The summed E-state index contributed by atoms with van der Waals surface area (Å²) >= 11 is -1.26. The maximum atomic E-state index is 12.5. The molecule has 1 aromatic rings. The molecule has 1 aromatic carbocycles. The first kappa shape index (κ1) is 17.2. The standard InChI is InChI=1S/C11H8F6OS2/c1-6(18)5-7-3-2-4-8(19-10(12,13)14)9(7)20-11(15,16)17/h2-4H,5H2,1H3. The summed E-state index contributed by atoms with van der Waals surface area (Å²) in [4.78, 5) is 9.88. The molecule has 0 saturated carbocycles. The van der Waals surface area contributed by atoms with Gasteiger partial charge in [0.1, 0.15) is 5.78 Å². The van der Waals surface area contributed by atoms with Crippen molar-refractivity contribution in [1.29, 1.82) is 0 Å². The van der Waals surface area contributed by atoms with Crippen LogP contribution in [0.3, 0.4) is 0 Å². The van der Waals surface area contributed by atoms with Gasteiger partial charge in [0, 0.05) is 16.2 Å². The van der Waals surface area contributed by atoms with Crippen molar-refractivity contribution in [2.45, 2.75) is 34.2 Å². The average Bonchev–Trinajstić information content (AvgIpc) is 2.18. The van der Waals surface area contributed by atoms with Crippen LogP contribution in [0.5, 0.6) is 0 Å². The van der Waals surface area contributed by atoms with Crippen LogP contribution in [-0.4, -0.2) is 16.8 Å².